The largest absolute Gasteiger partial charge is 0.377 e. The fraction of sp³-hybridized carbons (Fsp3) is 0.667. The molecule has 2 nitrogen and oxygen atoms in total. The SMILES string of the molecule is CC(CNCc1cccs1)OCC1CC1. The third kappa shape index (κ3) is 4.33. The fourth-order valence-electron chi connectivity index (χ4n) is 1.46. The van der Waals surface area contributed by atoms with E-state index in [2.05, 4.69) is 29.8 Å². The quantitative estimate of drug-likeness (QED) is 0.770. The zero-order valence-electron chi connectivity index (χ0n) is 9.24. The first-order chi connectivity index (χ1) is 7.34. The van der Waals surface area contributed by atoms with Crippen LogP contribution in [0.5, 0.6) is 0 Å². The summed E-state index contributed by atoms with van der Waals surface area (Å²) in [6.07, 6.45) is 3.08. The molecule has 1 heterocycles. The van der Waals surface area contributed by atoms with Crippen LogP contribution in [-0.2, 0) is 11.3 Å². The molecule has 1 aromatic rings. The predicted octanol–water partition coefficient (Wildman–Crippen LogP) is 2.65. The minimum Gasteiger partial charge on any atom is -0.377 e. The molecule has 1 aromatic heterocycles. The lowest BCUT2D eigenvalue weighted by Gasteiger charge is -2.13. The summed E-state index contributed by atoms with van der Waals surface area (Å²) in [7, 11) is 0. The summed E-state index contributed by atoms with van der Waals surface area (Å²) < 4.78 is 5.73. The van der Waals surface area contributed by atoms with Crippen molar-refractivity contribution in [1.29, 1.82) is 0 Å². The van der Waals surface area contributed by atoms with Crippen molar-refractivity contribution < 1.29 is 4.74 Å². The van der Waals surface area contributed by atoms with Gasteiger partial charge >= 0.3 is 0 Å². The van der Waals surface area contributed by atoms with Crippen LogP contribution in [0.1, 0.15) is 24.6 Å². The van der Waals surface area contributed by atoms with Crippen LogP contribution in [0.2, 0.25) is 0 Å². The molecule has 0 radical (unpaired) electrons. The standard InChI is InChI=1S/C12H19NOS/c1-10(14-9-11-4-5-11)7-13-8-12-3-2-6-15-12/h2-3,6,10-11,13H,4-5,7-9H2,1H3. The van der Waals surface area contributed by atoms with Crippen molar-refractivity contribution >= 4 is 11.3 Å². The summed E-state index contributed by atoms with van der Waals surface area (Å²) in [5, 5.41) is 5.53. The number of rotatable bonds is 7. The van der Waals surface area contributed by atoms with E-state index in [9.17, 15) is 0 Å². The summed E-state index contributed by atoms with van der Waals surface area (Å²) >= 11 is 1.80. The first kappa shape index (κ1) is 11.1. The molecule has 2 rings (SSSR count). The third-order valence-corrected chi connectivity index (χ3v) is 3.50. The van der Waals surface area contributed by atoms with Gasteiger partial charge in [-0.25, -0.2) is 0 Å². The zero-order valence-corrected chi connectivity index (χ0v) is 10.1. The number of hydrogen-bond donors (Lipinski definition) is 1. The van der Waals surface area contributed by atoms with Crippen LogP contribution in [0.3, 0.4) is 0 Å². The maximum Gasteiger partial charge on any atom is 0.0671 e. The molecule has 1 saturated carbocycles. The van der Waals surface area contributed by atoms with Crippen LogP contribution in [-0.4, -0.2) is 19.3 Å². The molecule has 1 aliphatic rings. The van der Waals surface area contributed by atoms with Gasteiger partial charge in [0.2, 0.25) is 0 Å². The molecule has 1 atom stereocenters. The molecule has 1 aliphatic carbocycles. The molecule has 3 heteroatoms. The third-order valence-electron chi connectivity index (χ3n) is 2.62. The van der Waals surface area contributed by atoms with Crippen LogP contribution in [0.25, 0.3) is 0 Å². The lowest BCUT2D eigenvalue weighted by atomic mass is 10.3. The number of ether oxygens (including phenoxy) is 1. The van der Waals surface area contributed by atoms with Crippen LogP contribution >= 0.6 is 11.3 Å². The van der Waals surface area contributed by atoms with Gasteiger partial charge in [-0.2, -0.15) is 0 Å². The summed E-state index contributed by atoms with van der Waals surface area (Å²) in [6, 6.07) is 4.25. The van der Waals surface area contributed by atoms with Gasteiger partial charge in [-0.1, -0.05) is 6.07 Å². The highest BCUT2D eigenvalue weighted by atomic mass is 32.1. The van der Waals surface area contributed by atoms with Crippen molar-refractivity contribution in [1.82, 2.24) is 5.32 Å². The fourth-order valence-corrected chi connectivity index (χ4v) is 2.13. The van der Waals surface area contributed by atoms with Crippen LogP contribution in [0.15, 0.2) is 17.5 Å². The molecule has 84 valence electrons. The van der Waals surface area contributed by atoms with Gasteiger partial charge in [0.1, 0.15) is 0 Å². The van der Waals surface area contributed by atoms with Gasteiger partial charge in [0.25, 0.3) is 0 Å². The molecule has 0 saturated heterocycles. The Morgan fingerprint density at radius 2 is 2.47 bits per heavy atom. The summed E-state index contributed by atoms with van der Waals surface area (Å²) in [6.45, 7) is 5.02. The van der Waals surface area contributed by atoms with E-state index in [0.29, 0.717) is 6.10 Å². The average Bonchev–Trinajstić information content (AvgIpc) is 2.92. The Labute approximate surface area is 95.6 Å². The topological polar surface area (TPSA) is 21.3 Å². The predicted molar refractivity (Wildman–Crippen MR) is 64.2 cm³/mol. The Kier molecular flexibility index (Phi) is 4.18. The van der Waals surface area contributed by atoms with Gasteiger partial charge in [0.05, 0.1) is 6.10 Å². The second-order valence-corrected chi connectivity index (χ2v) is 5.33. The second-order valence-electron chi connectivity index (χ2n) is 4.30. The highest BCUT2D eigenvalue weighted by Crippen LogP contribution is 2.29. The van der Waals surface area contributed by atoms with Crippen molar-refractivity contribution in [2.45, 2.75) is 32.4 Å². The Bertz CT molecular complexity index is 269. The first-order valence-corrected chi connectivity index (χ1v) is 6.57. The van der Waals surface area contributed by atoms with Crippen molar-refractivity contribution in [2.75, 3.05) is 13.2 Å². The smallest absolute Gasteiger partial charge is 0.0671 e. The van der Waals surface area contributed by atoms with Gasteiger partial charge in [0.15, 0.2) is 0 Å². The van der Waals surface area contributed by atoms with Crippen molar-refractivity contribution in [3.63, 3.8) is 0 Å². The molecule has 0 bridgehead atoms. The van der Waals surface area contributed by atoms with E-state index in [0.717, 1.165) is 25.6 Å². The molecular weight excluding hydrogens is 206 g/mol. The van der Waals surface area contributed by atoms with E-state index < -0.39 is 0 Å². The maximum absolute atomic E-state index is 5.73. The van der Waals surface area contributed by atoms with E-state index in [1.807, 2.05) is 0 Å². The Balaban J connectivity index is 1.52. The van der Waals surface area contributed by atoms with Gasteiger partial charge in [0, 0.05) is 24.6 Å². The van der Waals surface area contributed by atoms with Gasteiger partial charge in [-0.15, -0.1) is 11.3 Å². The van der Waals surface area contributed by atoms with Crippen molar-refractivity contribution in [2.24, 2.45) is 5.92 Å². The summed E-state index contributed by atoms with van der Waals surface area (Å²) in [5.74, 6) is 0.866. The summed E-state index contributed by atoms with van der Waals surface area (Å²) in [5.41, 5.74) is 0. The zero-order chi connectivity index (χ0) is 10.5. The van der Waals surface area contributed by atoms with E-state index >= 15 is 0 Å². The Morgan fingerprint density at radius 1 is 1.60 bits per heavy atom. The molecule has 0 spiro atoms. The van der Waals surface area contributed by atoms with Gasteiger partial charge < -0.3 is 10.1 Å². The molecule has 15 heavy (non-hydrogen) atoms. The Hall–Kier alpha value is -0.380. The molecule has 0 amide bonds. The maximum atomic E-state index is 5.73. The monoisotopic (exact) mass is 225 g/mol. The summed E-state index contributed by atoms with van der Waals surface area (Å²) in [4.78, 5) is 1.39. The van der Waals surface area contributed by atoms with Gasteiger partial charge in [-0.3, -0.25) is 0 Å². The van der Waals surface area contributed by atoms with E-state index in [4.69, 9.17) is 4.74 Å². The number of hydrogen-bond acceptors (Lipinski definition) is 3. The highest BCUT2D eigenvalue weighted by Gasteiger charge is 2.21. The molecule has 1 N–H and O–H groups in total. The Morgan fingerprint density at radius 3 is 3.13 bits per heavy atom. The van der Waals surface area contributed by atoms with E-state index in [1.54, 1.807) is 11.3 Å². The van der Waals surface area contributed by atoms with E-state index in [1.165, 1.54) is 17.7 Å². The molecule has 0 aromatic carbocycles. The molecule has 0 aliphatic heterocycles. The number of thiophene rings is 1. The van der Waals surface area contributed by atoms with Crippen LogP contribution in [0.4, 0.5) is 0 Å². The number of nitrogens with one attached hydrogen (secondary N) is 1. The van der Waals surface area contributed by atoms with Crippen LogP contribution in [0, 0.1) is 5.92 Å². The van der Waals surface area contributed by atoms with Crippen molar-refractivity contribution in [3.8, 4) is 0 Å². The molecule has 1 unspecified atom stereocenters. The highest BCUT2D eigenvalue weighted by molar-refractivity contribution is 7.09. The van der Waals surface area contributed by atoms with E-state index in [-0.39, 0.29) is 0 Å². The molecule has 1 fully saturated rings. The first-order valence-electron chi connectivity index (χ1n) is 5.69. The minimum atomic E-state index is 0.338. The minimum absolute atomic E-state index is 0.338. The van der Waals surface area contributed by atoms with Crippen molar-refractivity contribution in [3.05, 3.63) is 22.4 Å². The second kappa shape index (κ2) is 5.64. The lowest BCUT2D eigenvalue weighted by Crippen LogP contribution is -2.26. The van der Waals surface area contributed by atoms with Gasteiger partial charge in [-0.05, 0) is 37.1 Å². The normalized spacial score (nSPS) is 17.9. The average molecular weight is 225 g/mol. The molecular formula is C12H19NOS. The van der Waals surface area contributed by atoms with Crippen LogP contribution < -0.4 is 5.32 Å². The lowest BCUT2D eigenvalue weighted by molar-refractivity contribution is 0.0582.